The maximum absolute atomic E-state index is 9.87. The second-order valence-corrected chi connectivity index (χ2v) is 5.28. The molecule has 0 saturated carbocycles. The van der Waals surface area contributed by atoms with E-state index in [1.807, 2.05) is 27.2 Å². The van der Waals surface area contributed by atoms with E-state index in [1.54, 1.807) is 0 Å². The van der Waals surface area contributed by atoms with Crippen molar-refractivity contribution in [1.29, 1.82) is 0 Å². The molecule has 1 rings (SSSR count). The smallest absolute Gasteiger partial charge is 0.0670 e. The van der Waals surface area contributed by atoms with Gasteiger partial charge in [0.25, 0.3) is 0 Å². The molecule has 1 aromatic rings. The predicted molar refractivity (Wildman–Crippen MR) is 82.5 cm³/mol. The van der Waals surface area contributed by atoms with Crippen LogP contribution in [0.15, 0.2) is 36.9 Å². The van der Waals surface area contributed by atoms with E-state index in [1.165, 1.54) is 11.3 Å². The zero-order valence-electron chi connectivity index (χ0n) is 12.3. The summed E-state index contributed by atoms with van der Waals surface area (Å²) in [6, 6.07) is 8.49. The Morgan fingerprint density at radius 2 is 2.05 bits per heavy atom. The zero-order chi connectivity index (χ0) is 14.3. The molecule has 3 nitrogen and oxygen atoms in total. The number of benzene rings is 1. The van der Waals surface area contributed by atoms with Crippen molar-refractivity contribution in [3.8, 4) is 0 Å². The molecule has 0 aliphatic carbocycles. The highest BCUT2D eigenvalue weighted by Gasteiger charge is 2.08. The highest BCUT2D eigenvalue weighted by Crippen LogP contribution is 2.14. The van der Waals surface area contributed by atoms with Gasteiger partial charge < -0.3 is 10.0 Å². The Bertz CT molecular complexity index is 390. The average molecular weight is 262 g/mol. The van der Waals surface area contributed by atoms with E-state index in [-0.39, 0.29) is 6.10 Å². The quantitative estimate of drug-likeness (QED) is 0.729. The van der Waals surface area contributed by atoms with Gasteiger partial charge in [-0.2, -0.15) is 0 Å². The molecular formula is C16H26N2O. The molecule has 0 heterocycles. The summed E-state index contributed by atoms with van der Waals surface area (Å²) < 4.78 is 0. The number of allylic oxidation sites excluding steroid dienone is 1. The number of aliphatic hydroxyl groups excluding tert-OH is 1. The number of hydrogen-bond acceptors (Lipinski definition) is 3. The van der Waals surface area contributed by atoms with E-state index in [4.69, 9.17) is 0 Å². The molecule has 0 bridgehead atoms. The van der Waals surface area contributed by atoms with Crippen molar-refractivity contribution in [2.75, 3.05) is 32.6 Å². The van der Waals surface area contributed by atoms with Crippen molar-refractivity contribution >= 4 is 5.69 Å². The van der Waals surface area contributed by atoms with Gasteiger partial charge in [0.15, 0.2) is 0 Å². The topological polar surface area (TPSA) is 26.7 Å². The summed E-state index contributed by atoms with van der Waals surface area (Å²) in [5.41, 5.74) is 2.47. The van der Waals surface area contributed by atoms with Gasteiger partial charge in [0, 0.05) is 32.9 Å². The van der Waals surface area contributed by atoms with E-state index in [9.17, 15) is 5.11 Å². The minimum absolute atomic E-state index is 0.278. The Hall–Kier alpha value is -1.32. The molecule has 1 N–H and O–H groups in total. The second kappa shape index (κ2) is 7.97. The van der Waals surface area contributed by atoms with Crippen molar-refractivity contribution in [3.05, 3.63) is 42.5 Å². The summed E-state index contributed by atoms with van der Waals surface area (Å²) in [6.07, 6.45) is 3.22. The van der Waals surface area contributed by atoms with Crippen molar-refractivity contribution in [3.63, 3.8) is 0 Å². The third-order valence-corrected chi connectivity index (χ3v) is 3.11. The van der Waals surface area contributed by atoms with E-state index in [2.05, 4.69) is 40.6 Å². The molecule has 0 amide bonds. The number of rotatable bonds is 8. The SMILES string of the molecule is C=CCCC(O)CN(C)Cc1cccc(N(C)C)c1. The van der Waals surface area contributed by atoms with Crippen LogP contribution in [0.2, 0.25) is 0 Å². The van der Waals surface area contributed by atoms with Crippen LogP contribution < -0.4 is 4.90 Å². The molecule has 1 aromatic carbocycles. The molecule has 19 heavy (non-hydrogen) atoms. The number of aliphatic hydroxyl groups is 1. The fourth-order valence-electron chi connectivity index (χ4n) is 2.07. The Morgan fingerprint density at radius 1 is 1.32 bits per heavy atom. The lowest BCUT2D eigenvalue weighted by Gasteiger charge is -2.21. The summed E-state index contributed by atoms with van der Waals surface area (Å²) in [6.45, 7) is 5.22. The second-order valence-electron chi connectivity index (χ2n) is 5.28. The molecular weight excluding hydrogens is 236 g/mol. The van der Waals surface area contributed by atoms with Gasteiger partial charge in [-0.3, -0.25) is 4.90 Å². The lowest BCUT2D eigenvalue weighted by molar-refractivity contribution is 0.116. The van der Waals surface area contributed by atoms with Crippen molar-refractivity contribution < 1.29 is 5.11 Å². The maximum Gasteiger partial charge on any atom is 0.0670 e. The molecule has 0 aliphatic rings. The molecule has 0 fully saturated rings. The summed E-state index contributed by atoms with van der Waals surface area (Å²) in [5, 5.41) is 9.87. The molecule has 3 heteroatoms. The van der Waals surface area contributed by atoms with Gasteiger partial charge >= 0.3 is 0 Å². The van der Waals surface area contributed by atoms with Crippen molar-refractivity contribution in [2.45, 2.75) is 25.5 Å². The van der Waals surface area contributed by atoms with Gasteiger partial charge in [-0.1, -0.05) is 18.2 Å². The van der Waals surface area contributed by atoms with Gasteiger partial charge in [-0.25, -0.2) is 0 Å². The van der Waals surface area contributed by atoms with E-state index < -0.39 is 0 Å². The minimum Gasteiger partial charge on any atom is -0.392 e. The summed E-state index contributed by atoms with van der Waals surface area (Å²) >= 11 is 0. The van der Waals surface area contributed by atoms with Crippen molar-refractivity contribution in [1.82, 2.24) is 4.90 Å². The monoisotopic (exact) mass is 262 g/mol. The van der Waals surface area contributed by atoms with Gasteiger partial charge in [-0.15, -0.1) is 6.58 Å². The Labute approximate surface area is 117 Å². The largest absolute Gasteiger partial charge is 0.392 e. The van der Waals surface area contributed by atoms with Gasteiger partial charge in [0.1, 0.15) is 0 Å². The maximum atomic E-state index is 9.87. The summed E-state index contributed by atoms with van der Waals surface area (Å²) in [5.74, 6) is 0. The van der Waals surface area contributed by atoms with Gasteiger partial charge in [0.2, 0.25) is 0 Å². The number of hydrogen-bond donors (Lipinski definition) is 1. The van der Waals surface area contributed by atoms with Crippen LogP contribution in [0, 0.1) is 0 Å². The molecule has 0 aromatic heterocycles. The standard InChI is InChI=1S/C16H26N2O/c1-5-6-10-16(19)13-18(4)12-14-8-7-9-15(11-14)17(2)3/h5,7-9,11,16,19H,1,6,10,12-13H2,2-4H3. The van der Waals surface area contributed by atoms with Crippen LogP contribution in [0.5, 0.6) is 0 Å². The van der Waals surface area contributed by atoms with Crippen LogP contribution in [-0.4, -0.2) is 43.8 Å². The van der Waals surface area contributed by atoms with E-state index in [0.717, 1.165) is 19.4 Å². The van der Waals surface area contributed by atoms with Gasteiger partial charge in [-0.05, 0) is 37.6 Å². The van der Waals surface area contributed by atoms with Crippen molar-refractivity contribution in [2.24, 2.45) is 0 Å². The molecule has 0 saturated heterocycles. The van der Waals surface area contributed by atoms with Crippen LogP contribution in [0.4, 0.5) is 5.69 Å². The minimum atomic E-state index is -0.278. The lowest BCUT2D eigenvalue weighted by Crippen LogP contribution is -2.28. The Balaban J connectivity index is 2.49. The molecule has 0 spiro atoms. The first kappa shape index (κ1) is 15.7. The van der Waals surface area contributed by atoms with E-state index >= 15 is 0 Å². The molecule has 106 valence electrons. The number of anilines is 1. The molecule has 1 unspecified atom stereocenters. The van der Waals surface area contributed by atoms with Crippen LogP contribution in [0.1, 0.15) is 18.4 Å². The lowest BCUT2D eigenvalue weighted by atomic mass is 10.1. The first-order valence-corrected chi connectivity index (χ1v) is 6.76. The third kappa shape index (κ3) is 5.90. The first-order valence-electron chi connectivity index (χ1n) is 6.76. The van der Waals surface area contributed by atoms with Crippen LogP contribution >= 0.6 is 0 Å². The van der Waals surface area contributed by atoms with Crippen LogP contribution in [-0.2, 0) is 6.54 Å². The molecule has 0 radical (unpaired) electrons. The third-order valence-electron chi connectivity index (χ3n) is 3.11. The first-order chi connectivity index (χ1) is 9.02. The highest BCUT2D eigenvalue weighted by atomic mass is 16.3. The Morgan fingerprint density at radius 3 is 2.68 bits per heavy atom. The van der Waals surface area contributed by atoms with Crippen LogP contribution in [0.3, 0.4) is 0 Å². The predicted octanol–water partition coefficient (Wildman–Crippen LogP) is 2.51. The van der Waals surface area contributed by atoms with E-state index in [0.29, 0.717) is 6.54 Å². The van der Waals surface area contributed by atoms with Crippen LogP contribution in [0.25, 0.3) is 0 Å². The molecule has 1 atom stereocenters. The molecule has 0 aliphatic heterocycles. The van der Waals surface area contributed by atoms with Gasteiger partial charge in [0.05, 0.1) is 6.10 Å². The fourth-order valence-corrected chi connectivity index (χ4v) is 2.07. The summed E-state index contributed by atoms with van der Waals surface area (Å²) in [4.78, 5) is 4.25. The fraction of sp³-hybridized carbons (Fsp3) is 0.500. The normalized spacial score (nSPS) is 12.5. The number of nitrogens with zero attached hydrogens (tertiary/aromatic N) is 2. The highest BCUT2D eigenvalue weighted by molar-refractivity contribution is 5.47. The Kier molecular flexibility index (Phi) is 6.60. The average Bonchev–Trinajstić information content (AvgIpc) is 2.36. The summed E-state index contributed by atoms with van der Waals surface area (Å²) in [7, 11) is 6.13. The zero-order valence-corrected chi connectivity index (χ0v) is 12.3. The number of likely N-dealkylation sites (N-methyl/N-ethyl adjacent to an activating group) is 1.